The summed E-state index contributed by atoms with van der Waals surface area (Å²) in [6, 6.07) is 4.46. The summed E-state index contributed by atoms with van der Waals surface area (Å²) in [7, 11) is -3.99. The Kier molecular flexibility index (Phi) is 7.21. The molecule has 0 saturated carbocycles. The molecule has 2 rings (SSSR count). The van der Waals surface area contributed by atoms with Gasteiger partial charge in [-0.15, -0.1) is 12.4 Å². The van der Waals surface area contributed by atoms with Gasteiger partial charge in [-0.25, -0.2) is 21.6 Å². The highest BCUT2D eigenvalue weighted by Gasteiger charge is 2.29. The monoisotopic (exact) mass is 397 g/mol. The minimum atomic E-state index is -3.59. The van der Waals surface area contributed by atoms with Gasteiger partial charge in [-0.1, -0.05) is 0 Å². The number of benzene rings is 1. The van der Waals surface area contributed by atoms with Crippen LogP contribution in [0.5, 0.6) is 0 Å². The van der Waals surface area contributed by atoms with Gasteiger partial charge in [-0.3, -0.25) is 0 Å². The summed E-state index contributed by atoms with van der Waals surface area (Å²) < 4.78 is 52.9. The number of sulfonamides is 2. The van der Waals surface area contributed by atoms with E-state index in [1.165, 1.54) is 29.6 Å². The first-order valence-corrected chi connectivity index (χ1v) is 10.4. The van der Waals surface area contributed by atoms with Crippen LogP contribution in [0.4, 0.5) is 0 Å². The average molecular weight is 398 g/mol. The Morgan fingerprint density at radius 3 is 2.12 bits per heavy atom. The summed E-state index contributed by atoms with van der Waals surface area (Å²) in [5.74, 6) is 0. The maximum Gasteiger partial charge on any atom is 0.243 e. The Morgan fingerprint density at radius 2 is 1.67 bits per heavy atom. The third-order valence-electron chi connectivity index (χ3n) is 4.20. The van der Waals surface area contributed by atoms with E-state index in [1.807, 2.05) is 7.05 Å². The average Bonchev–Trinajstić information content (AvgIpc) is 2.54. The zero-order valence-corrected chi connectivity index (χ0v) is 16.4. The fourth-order valence-corrected chi connectivity index (χ4v) is 5.23. The number of nitrogens with zero attached hydrogens (tertiary/aromatic N) is 1. The van der Waals surface area contributed by atoms with E-state index in [0.29, 0.717) is 24.7 Å². The van der Waals surface area contributed by atoms with Gasteiger partial charge in [-0.2, -0.15) is 4.31 Å². The van der Waals surface area contributed by atoms with Crippen LogP contribution in [0.2, 0.25) is 0 Å². The van der Waals surface area contributed by atoms with Crippen LogP contribution < -0.4 is 10.0 Å². The molecule has 0 unspecified atom stereocenters. The molecule has 1 aromatic rings. The minimum absolute atomic E-state index is 0. The highest BCUT2D eigenvalue weighted by Crippen LogP contribution is 2.24. The lowest BCUT2D eigenvalue weighted by Crippen LogP contribution is -2.43. The molecule has 0 radical (unpaired) electrons. The van der Waals surface area contributed by atoms with E-state index < -0.39 is 20.0 Å². The molecule has 0 amide bonds. The highest BCUT2D eigenvalue weighted by molar-refractivity contribution is 7.89. The number of aryl methyl sites for hydroxylation is 1. The molecule has 0 bridgehead atoms. The van der Waals surface area contributed by atoms with Crippen LogP contribution in [0.15, 0.2) is 28.0 Å². The second kappa shape index (κ2) is 8.11. The molecule has 10 heteroatoms. The molecule has 0 aromatic heterocycles. The van der Waals surface area contributed by atoms with Crippen LogP contribution >= 0.6 is 12.4 Å². The first-order valence-electron chi connectivity index (χ1n) is 7.44. The van der Waals surface area contributed by atoms with E-state index in [-0.39, 0.29) is 22.2 Å². The van der Waals surface area contributed by atoms with Crippen molar-refractivity contribution in [3.63, 3.8) is 0 Å². The summed E-state index contributed by atoms with van der Waals surface area (Å²) in [6.45, 7) is 2.52. The summed E-state index contributed by atoms with van der Waals surface area (Å²) in [4.78, 5) is 0.223. The minimum Gasteiger partial charge on any atom is -0.317 e. The molecule has 1 saturated heterocycles. The van der Waals surface area contributed by atoms with Crippen LogP contribution in [0.1, 0.15) is 18.4 Å². The number of piperidine rings is 1. The lowest BCUT2D eigenvalue weighted by Gasteiger charge is -2.31. The SMILES string of the molecule is CNC1CCN(S(=O)(=O)c2ccc(S(=O)(=O)NC)c(C)c2)CC1.Cl. The zero-order valence-electron chi connectivity index (χ0n) is 13.9. The van der Waals surface area contributed by atoms with Crippen molar-refractivity contribution in [1.82, 2.24) is 14.3 Å². The standard InChI is InChI=1S/C14H23N3O4S2.ClH/c1-11-10-13(4-5-14(11)22(18,19)16-3)23(20,21)17-8-6-12(15-2)7-9-17;/h4-5,10,12,15-16H,6-9H2,1-3H3;1H. The fourth-order valence-electron chi connectivity index (χ4n) is 2.73. The number of hydrogen-bond acceptors (Lipinski definition) is 5. The molecule has 1 aliphatic heterocycles. The highest BCUT2D eigenvalue weighted by atomic mass is 35.5. The Bertz CT molecular complexity index is 773. The Hall–Kier alpha value is -0.710. The van der Waals surface area contributed by atoms with Crippen LogP contribution in [-0.4, -0.2) is 54.4 Å². The molecule has 0 aliphatic carbocycles. The first kappa shape index (κ1) is 21.3. The van der Waals surface area contributed by atoms with Crippen molar-refractivity contribution in [3.05, 3.63) is 23.8 Å². The lowest BCUT2D eigenvalue weighted by molar-refractivity contribution is 0.298. The van der Waals surface area contributed by atoms with Crippen molar-refractivity contribution in [2.45, 2.75) is 35.6 Å². The van der Waals surface area contributed by atoms with Crippen molar-refractivity contribution < 1.29 is 16.8 Å². The van der Waals surface area contributed by atoms with E-state index in [0.717, 1.165) is 12.8 Å². The molecule has 24 heavy (non-hydrogen) atoms. The van der Waals surface area contributed by atoms with E-state index in [1.54, 1.807) is 6.92 Å². The molecule has 7 nitrogen and oxygen atoms in total. The fraction of sp³-hybridized carbons (Fsp3) is 0.571. The van der Waals surface area contributed by atoms with Crippen molar-refractivity contribution in [3.8, 4) is 0 Å². The normalized spacial score (nSPS) is 17.5. The Labute approximate surface area is 150 Å². The van der Waals surface area contributed by atoms with Gasteiger partial charge < -0.3 is 5.32 Å². The van der Waals surface area contributed by atoms with Crippen LogP contribution in [-0.2, 0) is 20.0 Å². The Balaban J connectivity index is 0.00000288. The lowest BCUT2D eigenvalue weighted by atomic mass is 10.1. The molecule has 2 N–H and O–H groups in total. The van der Waals surface area contributed by atoms with Gasteiger partial charge in [0.1, 0.15) is 0 Å². The number of nitrogens with one attached hydrogen (secondary N) is 2. The van der Waals surface area contributed by atoms with Gasteiger partial charge in [0, 0.05) is 19.1 Å². The van der Waals surface area contributed by atoms with Gasteiger partial charge >= 0.3 is 0 Å². The summed E-state index contributed by atoms with van der Waals surface area (Å²) >= 11 is 0. The van der Waals surface area contributed by atoms with Crippen molar-refractivity contribution in [2.75, 3.05) is 27.2 Å². The van der Waals surface area contributed by atoms with Crippen LogP contribution in [0.25, 0.3) is 0 Å². The van der Waals surface area contributed by atoms with E-state index >= 15 is 0 Å². The van der Waals surface area contributed by atoms with Gasteiger partial charge in [0.2, 0.25) is 20.0 Å². The molecule has 138 valence electrons. The van der Waals surface area contributed by atoms with Crippen LogP contribution in [0.3, 0.4) is 0 Å². The third-order valence-corrected chi connectivity index (χ3v) is 7.67. The topological polar surface area (TPSA) is 95.6 Å². The zero-order chi connectivity index (χ0) is 17.3. The first-order chi connectivity index (χ1) is 10.7. The number of hydrogen-bond donors (Lipinski definition) is 2. The largest absolute Gasteiger partial charge is 0.317 e. The molecule has 1 fully saturated rings. The van der Waals surface area contributed by atoms with Gasteiger partial charge in [-0.05, 0) is 57.6 Å². The predicted molar refractivity (Wildman–Crippen MR) is 95.5 cm³/mol. The van der Waals surface area contributed by atoms with E-state index in [4.69, 9.17) is 0 Å². The van der Waals surface area contributed by atoms with Crippen molar-refractivity contribution in [2.24, 2.45) is 0 Å². The second-order valence-corrected chi connectivity index (χ2v) is 9.39. The van der Waals surface area contributed by atoms with Gasteiger partial charge in [0.25, 0.3) is 0 Å². The predicted octanol–water partition coefficient (Wildman–Crippen LogP) is 0.697. The van der Waals surface area contributed by atoms with E-state index in [9.17, 15) is 16.8 Å². The summed E-state index contributed by atoms with van der Waals surface area (Å²) in [5, 5.41) is 3.16. The molecule has 0 atom stereocenters. The van der Waals surface area contributed by atoms with Gasteiger partial charge in [0.05, 0.1) is 9.79 Å². The molecule has 1 aliphatic rings. The number of halogens is 1. The smallest absolute Gasteiger partial charge is 0.243 e. The third kappa shape index (κ3) is 4.27. The second-order valence-electron chi connectivity index (χ2n) is 5.60. The molecular formula is C14H24ClN3O4S2. The van der Waals surface area contributed by atoms with Gasteiger partial charge in [0.15, 0.2) is 0 Å². The molecule has 1 heterocycles. The van der Waals surface area contributed by atoms with Crippen molar-refractivity contribution >= 4 is 32.5 Å². The van der Waals surface area contributed by atoms with Crippen molar-refractivity contribution in [1.29, 1.82) is 0 Å². The maximum absolute atomic E-state index is 12.7. The summed E-state index contributed by atoms with van der Waals surface area (Å²) in [6.07, 6.45) is 1.53. The summed E-state index contributed by atoms with van der Waals surface area (Å²) in [5.41, 5.74) is 0.408. The number of rotatable bonds is 5. The van der Waals surface area contributed by atoms with Crippen LogP contribution in [0, 0.1) is 6.92 Å². The molecule has 1 aromatic carbocycles. The quantitative estimate of drug-likeness (QED) is 0.762. The molecule has 0 spiro atoms. The molecular weight excluding hydrogens is 374 g/mol. The maximum atomic E-state index is 12.7. The Morgan fingerprint density at radius 1 is 1.08 bits per heavy atom. The van der Waals surface area contributed by atoms with E-state index in [2.05, 4.69) is 10.0 Å².